The van der Waals surface area contributed by atoms with Gasteiger partial charge in [-0.15, -0.1) is 0 Å². The van der Waals surface area contributed by atoms with Crippen LogP contribution in [0, 0.1) is 18.8 Å². The lowest BCUT2D eigenvalue weighted by Gasteiger charge is -2.26. The van der Waals surface area contributed by atoms with Crippen molar-refractivity contribution in [3.8, 4) is 0 Å². The third-order valence-corrected chi connectivity index (χ3v) is 4.62. The number of aromatic amines is 1. The molecule has 0 atom stereocenters. The average Bonchev–Trinajstić information content (AvgIpc) is 2.64. The Morgan fingerprint density at radius 3 is 2.35 bits per heavy atom. The summed E-state index contributed by atoms with van der Waals surface area (Å²) >= 11 is 0. The number of H-pyrrole nitrogens is 1. The van der Waals surface area contributed by atoms with Gasteiger partial charge >= 0.3 is 5.69 Å². The minimum absolute atomic E-state index is 0.0218. The summed E-state index contributed by atoms with van der Waals surface area (Å²) in [6, 6.07) is 4.92. The largest absolute Gasteiger partial charge is 0.383 e. The summed E-state index contributed by atoms with van der Waals surface area (Å²) in [5.41, 5.74) is 6.45. The van der Waals surface area contributed by atoms with Crippen LogP contribution in [-0.4, -0.2) is 27.9 Å². The summed E-state index contributed by atoms with van der Waals surface area (Å²) in [7, 11) is 0. The monoisotopic (exact) mass is 429 g/mol. The number of hydrogen-bond acceptors (Lipinski definition) is 5. The van der Waals surface area contributed by atoms with Crippen LogP contribution in [0.15, 0.2) is 27.8 Å². The van der Waals surface area contributed by atoms with Crippen LogP contribution in [0.2, 0.25) is 0 Å². The second kappa shape index (κ2) is 9.63. The predicted molar refractivity (Wildman–Crippen MR) is 123 cm³/mol. The number of nitrogens with zero attached hydrogens (tertiary/aromatic N) is 2. The van der Waals surface area contributed by atoms with Gasteiger partial charge in [0.05, 0.1) is 0 Å². The van der Waals surface area contributed by atoms with E-state index in [0.29, 0.717) is 12.2 Å². The number of rotatable bonds is 7. The van der Waals surface area contributed by atoms with Crippen LogP contribution in [-0.2, 0) is 11.3 Å². The van der Waals surface area contributed by atoms with E-state index in [1.807, 2.05) is 34.6 Å². The van der Waals surface area contributed by atoms with Crippen molar-refractivity contribution in [3.05, 3.63) is 50.2 Å². The highest BCUT2D eigenvalue weighted by Crippen LogP contribution is 2.24. The number of hydrogen-bond donors (Lipinski definition) is 3. The topological polar surface area (TPSA) is 130 Å². The van der Waals surface area contributed by atoms with Crippen molar-refractivity contribution in [3.63, 3.8) is 0 Å². The fraction of sp³-hybridized carbons (Fsp3) is 0.455. The summed E-state index contributed by atoms with van der Waals surface area (Å²) in [4.78, 5) is 53.6. The second-order valence-corrected chi connectivity index (χ2v) is 8.52. The Kier molecular flexibility index (Phi) is 7.43. The lowest BCUT2D eigenvalue weighted by molar-refractivity contribution is -0.114. The van der Waals surface area contributed by atoms with Gasteiger partial charge in [-0.2, -0.15) is 0 Å². The molecule has 0 aliphatic rings. The van der Waals surface area contributed by atoms with Gasteiger partial charge in [0.1, 0.15) is 5.82 Å². The highest BCUT2D eigenvalue weighted by Gasteiger charge is 2.26. The lowest BCUT2D eigenvalue weighted by Crippen LogP contribution is -2.43. The highest BCUT2D eigenvalue weighted by atomic mass is 16.2. The van der Waals surface area contributed by atoms with Crippen molar-refractivity contribution >= 4 is 29.0 Å². The predicted octanol–water partition coefficient (Wildman–Crippen LogP) is 2.34. The molecule has 0 aliphatic heterocycles. The molecule has 1 aromatic heterocycles. The molecule has 0 bridgehead atoms. The third kappa shape index (κ3) is 5.62. The number of nitrogens with one attached hydrogen (secondary N) is 2. The molecule has 4 N–H and O–H groups in total. The quantitative estimate of drug-likeness (QED) is 0.622. The van der Waals surface area contributed by atoms with Crippen LogP contribution >= 0.6 is 0 Å². The molecule has 0 saturated carbocycles. The number of carbonyl (C=O) groups is 2. The Bertz CT molecular complexity index is 1100. The maximum absolute atomic E-state index is 13.5. The van der Waals surface area contributed by atoms with Crippen molar-refractivity contribution in [2.45, 2.75) is 48.1 Å². The van der Waals surface area contributed by atoms with E-state index in [4.69, 9.17) is 5.73 Å². The molecule has 0 saturated heterocycles. The van der Waals surface area contributed by atoms with Crippen LogP contribution in [0.5, 0.6) is 0 Å². The summed E-state index contributed by atoms with van der Waals surface area (Å²) in [6.45, 7) is 11.4. The highest BCUT2D eigenvalue weighted by molar-refractivity contribution is 6.08. The summed E-state index contributed by atoms with van der Waals surface area (Å²) in [5.74, 6) is -0.634. The number of nitrogens with two attached hydrogens (primary N) is 1. The van der Waals surface area contributed by atoms with Crippen molar-refractivity contribution in [2.24, 2.45) is 11.8 Å². The van der Waals surface area contributed by atoms with E-state index in [-0.39, 0.29) is 41.4 Å². The van der Waals surface area contributed by atoms with Gasteiger partial charge < -0.3 is 16.0 Å². The molecule has 0 unspecified atom stereocenters. The van der Waals surface area contributed by atoms with E-state index < -0.39 is 17.2 Å². The smallest absolute Gasteiger partial charge is 0.330 e. The Balaban J connectivity index is 2.65. The number of benzene rings is 1. The summed E-state index contributed by atoms with van der Waals surface area (Å²) in [5, 5.41) is 2.70. The number of aromatic nitrogens is 2. The van der Waals surface area contributed by atoms with E-state index in [2.05, 4.69) is 10.3 Å². The van der Waals surface area contributed by atoms with Crippen LogP contribution in [0.25, 0.3) is 0 Å². The molecule has 0 fully saturated rings. The van der Waals surface area contributed by atoms with E-state index >= 15 is 0 Å². The maximum Gasteiger partial charge on any atom is 0.330 e. The molecule has 0 radical (unpaired) electrons. The molecule has 1 heterocycles. The van der Waals surface area contributed by atoms with Gasteiger partial charge in [-0.05, 0) is 36.5 Å². The zero-order chi connectivity index (χ0) is 23.5. The van der Waals surface area contributed by atoms with E-state index in [0.717, 1.165) is 5.56 Å². The number of nitrogen functional groups attached to an aromatic ring is 1. The van der Waals surface area contributed by atoms with Gasteiger partial charge in [0, 0.05) is 31.3 Å². The van der Waals surface area contributed by atoms with Crippen LogP contribution in [0.1, 0.15) is 50.5 Å². The fourth-order valence-electron chi connectivity index (χ4n) is 3.26. The average molecular weight is 430 g/mol. The third-order valence-electron chi connectivity index (χ3n) is 4.62. The molecular weight excluding hydrogens is 398 g/mol. The number of anilines is 3. The molecule has 0 aliphatic carbocycles. The molecular formula is C22H31N5O4. The first kappa shape index (κ1) is 23.9. The first-order valence-corrected chi connectivity index (χ1v) is 10.2. The molecule has 1 aromatic carbocycles. The van der Waals surface area contributed by atoms with Crippen molar-refractivity contribution < 1.29 is 9.59 Å². The van der Waals surface area contributed by atoms with Crippen LogP contribution in [0.3, 0.4) is 0 Å². The normalized spacial score (nSPS) is 11.1. The molecule has 168 valence electrons. The summed E-state index contributed by atoms with van der Waals surface area (Å²) in [6.07, 6.45) is 0. The van der Waals surface area contributed by atoms with Gasteiger partial charge in [-0.25, -0.2) is 4.79 Å². The Hall–Kier alpha value is -3.36. The standard InChI is InChI=1S/C22H31N5O4/c1-12(2)10-26(18-19(23)27(11-13(3)4)22(31)25-20(18)29)21(30)16-8-7-14(5)17(9-16)24-15(6)28/h7-9,12-13H,10-11,23H2,1-6H3,(H,24,28)(H,25,29,31). The number of carbonyl (C=O) groups excluding carboxylic acids is 2. The summed E-state index contributed by atoms with van der Waals surface area (Å²) < 4.78 is 1.28. The lowest BCUT2D eigenvalue weighted by atomic mass is 10.1. The van der Waals surface area contributed by atoms with Crippen LogP contribution in [0.4, 0.5) is 17.2 Å². The Morgan fingerprint density at radius 1 is 1.16 bits per heavy atom. The zero-order valence-corrected chi connectivity index (χ0v) is 18.9. The molecule has 2 rings (SSSR count). The molecule has 9 heteroatoms. The second-order valence-electron chi connectivity index (χ2n) is 8.52. The maximum atomic E-state index is 13.5. The van der Waals surface area contributed by atoms with E-state index in [1.54, 1.807) is 18.2 Å². The molecule has 0 spiro atoms. The molecule has 2 aromatic rings. The minimum atomic E-state index is -0.717. The van der Waals surface area contributed by atoms with Gasteiger partial charge in [0.25, 0.3) is 11.5 Å². The molecule has 31 heavy (non-hydrogen) atoms. The Labute approximate surface area is 181 Å². The van der Waals surface area contributed by atoms with Gasteiger partial charge in [-0.1, -0.05) is 33.8 Å². The van der Waals surface area contributed by atoms with Crippen molar-refractivity contribution in [1.29, 1.82) is 0 Å². The van der Waals surface area contributed by atoms with Gasteiger partial charge in [0.15, 0.2) is 5.69 Å². The molecule has 9 nitrogen and oxygen atoms in total. The number of amides is 2. The molecule has 2 amide bonds. The van der Waals surface area contributed by atoms with Crippen LogP contribution < -0.4 is 27.2 Å². The van der Waals surface area contributed by atoms with Gasteiger partial charge in [-0.3, -0.25) is 23.9 Å². The SMILES string of the molecule is CC(=O)Nc1cc(C(=O)N(CC(C)C)c2c(N)n(CC(C)C)c(=O)[nH]c2=O)ccc1C. The fourth-order valence-corrected chi connectivity index (χ4v) is 3.26. The van der Waals surface area contributed by atoms with E-state index in [1.165, 1.54) is 16.4 Å². The Morgan fingerprint density at radius 2 is 1.81 bits per heavy atom. The first-order valence-electron chi connectivity index (χ1n) is 10.2. The first-order chi connectivity index (χ1) is 14.4. The van der Waals surface area contributed by atoms with E-state index in [9.17, 15) is 19.2 Å². The van der Waals surface area contributed by atoms with Crippen molar-refractivity contribution in [1.82, 2.24) is 9.55 Å². The zero-order valence-electron chi connectivity index (χ0n) is 18.9. The van der Waals surface area contributed by atoms with Gasteiger partial charge in [0.2, 0.25) is 5.91 Å². The number of aryl methyl sites for hydroxylation is 1. The minimum Gasteiger partial charge on any atom is -0.383 e. The van der Waals surface area contributed by atoms with Crippen molar-refractivity contribution in [2.75, 3.05) is 22.5 Å².